The van der Waals surface area contributed by atoms with Crippen LogP contribution >= 0.6 is 15.9 Å². The van der Waals surface area contributed by atoms with Gasteiger partial charge in [-0.25, -0.2) is 0 Å². The van der Waals surface area contributed by atoms with Gasteiger partial charge in [0.2, 0.25) is 0 Å². The summed E-state index contributed by atoms with van der Waals surface area (Å²) in [6.45, 7) is -1.94. The van der Waals surface area contributed by atoms with Gasteiger partial charge >= 0.3 is 12.4 Å². The van der Waals surface area contributed by atoms with Gasteiger partial charge in [0.15, 0.2) is 0 Å². The van der Waals surface area contributed by atoms with Crippen LogP contribution in [0.1, 0.15) is 12.8 Å². The van der Waals surface area contributed by atoms with E-state index in [1.54, 1.807) is 0 Å². The summed E-state index contributed by atoms with van der Waals surface area (Å²) in [6.07, 6.45) is -7.90. The molecule has 1 fully saturated rings. The molecule has 1 aliphatic rings. The molecule has 0 aliphatic heterocycles. The van der Waals surface area contributed by atoms with Gasteiger partial charge in [-0.15, -0.1) is 0 Å². The van der Waals surface area contributed by atoms with E-state index >= 15 is 0 Å². The minimum atomic E-state index is -4.52. The molecule has 0 aromatic heterocycles. The van der Waals surface area contributed by atoms with Crippen LogP contribution in [0.25, 0.3) is 0 Å². The Morgan fingerprint density at radius 1 is 1.12 bits per heavy atom. The Hall–Kier alpha value is 0.0200. The highest BCUT2D eigenvalue weighted by molar-refractivity contribution is 9.09. The number of hydrogen-bond donors (Lipinski definition) is 0. The van der Waals surface area contributed by atoms with Crippen LogP contribution in [0, 0.1) is 0 Å². The quantitative estimate of drug-likeness (QED) is 0.568. The predicted molar refractivity (Wildman–Crippen MR) is 49.4 cm³/mol. The van der Waals surface area contributed by atoms with Crippen LogP contribution in [-0.4, -0.2) is 41.2 Å². The molecule has 0 saturated heterocycles. The van der Waals surface area contributed by atoms with Crippen LogP contribution < -0.4 is 0 Å². The first-order valence-corrected chi connectivity index (χ1v) is 5.53. The van der Waals surface area contributed by atoms with Gasteiger partial charge in [-0.05, 0) is 12.8 Å². The third-order valence-electron chi connectivity index (χ3n) is 2.20. The largest absolute Gasteiger partial charge is 0.402 e. The topological polar surface area (TPSA) is 3.24 Å². The van der Waals surface area contributed by atoms with Crippen LogP contribution in [-0.2, 0) is 0 Å². The van der Waals surface area contributed by atoms with Crippen molar-refractivity contribution in [1.29, 1.82) is 0 Å². The SMILES string of the molecule is FC(F)(F)CN(CC(Br)C(F)(F)F)C1CC1. The average Bonchev–Trinajstić information content (AvgIpc) is 2.79. The molecule has 0 bridgehead atoms. The lowest BCUT2D eigenvalue weighted by Gasteiger charge is -2.26. The summed E-state index contributed by atoms with van der Waals surface area (Å²) in [5, 5.41) is 0. The Labute approximate surface area is 96.9 Å². The van der Waals surface area contributed by atoms with E-state index in [2.05, 4.69) is 15.9 Å². The summed E-state index contributed by atoms with van der Waals surface area (Å²) in [4.78, 5) is -1.07. The standard InChI is InChI=1S/C8H10BrF6N/c9-6(8(13,14)15)3-16(5-1-2-5)4-7(10,11)12/h5-6H,1-4H2. The van der Waals surface area contributed by atoms with Crippen LogP contribution in [0.2, 0.25) is 0 Å². The summed E-state index contributed by atoms with van der Waals surface area (Å²) >= 11 is 2.37. The monoisotopic (exact) mass is 313 g/mol. The third-order valence-corrected chi connectivity index (χ3v) is 3.00. The summed E-state index contributed by atoms with van der Waals surface area (Å²) in [5.74, 6) is 0. The number of rotatable bonds is 4. The van der Waals surface area contributed by atoms with Crippen molar-refractivity contribution in [3.05, 3.63) is 0 Å². The van der Waals surface area contributed by atoms with E-state index in [0.29, 0.717) is 12.8 Å². The normalized spacial score (nSPS) is 20.2. The van der Waals surface area contributed by atoms with Crippen molar-refractivity contribution in [2.75, 3.05) is 13.1 Å². The fourth-order valence-corrected chi connectivity index (χ4v) is 1.69. The second-order valence-corrected chi connectivity index (χ2v) is 4.89. The summed E-state index contributed by atoms with van der Waals surface area (Å²) in [6, 6.07) is -0.357. The van der Waals surface area contributed by atoms with E-state index in [1.807, 2.05) is 0 Å². The molecule has 1 atom stereocenters. The van der Waals surface area contributed by atoms with E-state index in [4.69, 9.17) is 0 Å². The van der Waals surface area contributed by atoms with Gasteiger partial charge in [-0.3, -0.25) is 4.90 Å². The molecule has 1 saturated carbocycles. The highest BCUT2D eigenvalue weighted by atomic mass is 79.9. The molecule has 1 unspecified atom stereocenters. The molecule has 0 spiro atoms. The molecule has 96 valence electrons. The van der Waals surface area contributed by atoms with Crippen LogP contribution in [0.3, 0.4) is 0 Å². The van der Waals surface area contributed by atoms with E-state index in [9.17, 15) is 26.3 Å². The van der Waals surface area contributed by atoms with Gasteiger partial charge in [-0.2, -0.15) is 26.3 Å². The molecule has 0 N–H and O–H groups in total. The average molecular weight is 314 g/mol. The Kier molecular flexibility index (Phi) is 4.15. The van der Waals surface area contributed by atoms with Gasteiger partial charge in [0.1, 0.15) is 4.83 Å². The minimum Gasteiger partial charge on any atom is -0.291 e. The van der Waals surface area contributed by atoms with Crippen LogP contribution in [0.5, 0.6) is 0 Å². The van der Waals surface area contributed by atoms with Crippen molar-refractivity contribution in [2.45, 2.75) is 36.1 Å². The first-order chi connectivity index (χ1) is 7.09. The Balaban J connectivity index is 2.52. The zero-order chi connectivity index (χ0) is 12.6. The highest BCUT2D eigenvalue weighted by Crippen LogP contribution is 2.34. The maximum absolute atomic E-state index is 12.2. The van der Waals surface area contributed by atoms with E-state index in [0.717, 1.165) is 4.90 Å². The molecule has 0 aromatic carbocycles. The van der Waals surface area contributed by atoms with E-state index < -0.39 is 30.3 Å². The lowest BCUT2D eigenvalue weighted by atomic mass is 10.3. The highest BCUT2D eigenvalue weighted by Gasteiger charge is 2.44. The Morgan fingerprint density at radius 2 is 1.62 bits per heavy atom. The molecule has 1 rings (SSSR count). The van der Waals surface area contributed by atoms with Gasteiger partial charge in [0, 0.05) is 12.6 Å². The van der Waals surface area contributed by atoms with Crippen LogP contribution in [0.15, 0.2) is 0 Å². The zero-order valence-electron chi connectivity index (χ0n) is 8.08. The summed E-state index contributed by atoms with van der Waals surface area (Å²) in [7, 11) is 0. The summed E-state index contributed by atoms with van der Waals surface area (Å²) in [5.41, 5.74) is 0. The molecular formula is C8H10BrF6N. The van der Waals surface area contributed by atoms with Crippen molar-refractivity contribution in [3.8, 4) is 0 Å². The van der Waals surface area contributed by atoms with Gasteiger partial charge < -0.3 is 0 Å². The second-order valence-electron chi connectivity index (χ2n) is 3.78. The first-order valence-electron chi connectivity index (χ1n) is 4.61. The first kappa shape index (κ1) is 14.1. The van der Waals surface area contributed by atoms with Crippen molar-refractivity contribution in [2.24, 2.45) is 0 Å². The van der Waals surface area contributed by atoms with E-state index in [-0.39, 0.29) is 6.04 Å². The molecule has 8 heteroatoms. The van der Waals surface area contributed by atoms with Crippen molar-refractivity contribution < 1.29 is 26.3 Å². The number of hydrogen-bond acceptors (Lipinski definition) is 1. The molecule has 0 aromatic rings. The number of nitrogens with zero attached hydrogens (tertiary/aromatic N) is 1. The molecule has 0 radical (unpaired) electrons. The van der Waals surface area contributed by atoms with Crippen molar-refractivity contribution in [3.63, 3.8) is 0 Å². The molecule has 1 nitrogen and oxygen atoms in total. The van der Waals surface area contributed by atoms with Crippen molar-refractivity contribution in [1.82, 2.24) is 4.90 Å². The maximum atomic E-state index is 12.2. The number of alkyl halides is 7. The Bertz CT molecular complexity index is 234. The lowest BCUT2D eigenvalue weighted by molar-refractivity contribution is -0.158. The third kappa shape index (κ3) is 4.90. The van der Waals surface area contributed by atoms with Gasteiger partial charge in [0.25, 0.3) is 0 Å². The van der Waals surface area contributed by atoms with Gasteiger partial charge in [0.05, 0.1) is 6.54 Å². The number of halogens is 7. The Morgan fingerprint density at radius 3 is 1.94 bits per heavy atom. The lowest BCUT2D eigenvalue weighted by Crippen LogP contribution is -2.43. The van der Waals surface area contributed by atoms with E-state index in [1.165, 1.54) is 0 Å². The fraction of sp³-hybridized carbons (Fsp3) is 1.00. The second kappa shape index (κ2) is 4.72. The molecule has 16 heavy (non-hydrogen) atoms. The van der Waals surface area contributed by atoms with Gasteiger partial charge in [-0.1, -0.05) is 15.9 Å². The van der Waals surface area contributed by atoms with Crippen LogP contribution in [0.4, 0.5) is 26.3 Å². The zero-order valence-corrected chi connectivity index (χ0v) is 9.66. The minimum absolute atomic E-state index is 0.357. The molecule has 0 heterocycles. The maximum Gasteiger partial charge on any atom is 0.402 e. The smallest absolute Gasteiger partial charge is 0.291 e. The molecular weight excluding hydrogens is 304 g/mol. The predicted octanol–water partition coefficient (Wildman–Crippen LogP) is 3.34. The summed E-state index contributed by atoms with van der Waals surface area (Å²) < 4.78 is 72.8. The van der Waals surface area contributed by atoms with Crippen molar-refractivity contribution >= 4 is 15.9 Å². The fourth-order valence-electron chi connectivity index (χ4n) is 1.32. The molecule has 1 aliphatic carbocycles. The molecule has 0 amide bonds.